The fraction of sp³-hybridized carbons (Fsp3) is 0.500. The first-order chi connectivity index (χ1) is 9.78. The van der Waals surface area contributed by atoms with Crippen LogP contribution in [0.15, 0.2) is 22.1 Å². The van der Waals surface area contributed by atoms with Gasteiger partial charge < -0.3 is 11.1 Å². The van der Waals surface area contributed by atoms with E-state index in [1.807, 2.05) is 0 Å². The molecular weight excluding hydrogens is 240 g/mol. The first-order valence-corrected chi connectivity index (χ1v) is 6.46. The number of nitrogens with one attached hydrogen (secondary N) is 1. The lowest BCUT2D eigenvalue weighted by Crippen LogP contribution is -2.40. The van der Waals surface area contributed by atoms with Crippen LogP contribution in [0.2, 0.25) is 0 Å². The number of nitrogens with two attached hydrogens (primary N) is 1. The molecule has 1 amide bonds. The molecule has 5 nitrogen and oxygen atoms in total. The molecule has 1 aliphatic carbocycles. The minimum Gasteiger partial charge on any atom is -0.398 e. The molecule has 0 atom stereocenters. The van der Waals surface area contributed by atoms with Crippen molar-refractivity contribution in [2.45, 2.75) is 26.2 Å². The van der Waals surface area contributed by atoms with Crippen molar-refractivity contribution in [2.24, 2.45) is 15.4 Å². The van der Waals surface area contributed by atoms with Crippen LogP contribution in [0.3, 0.4) is 0 Å². The predicted molar refractivity (Wildman–Crippen MR) is 72.3 cm³/mol. The second-order valence-electron chi connectivity index (χ2n) is 5.60. The zero-order valence-electron chi connectivity index (χ0n) is 12.9. The second kappa shape index (κ2) is 4.33. The molecule has 1 heterocycles. The molecule has 100 valence electrons. The van der Waals surface area contributed by atoms with Crippen LogP contribution in [0.25, 0.3) is 0 Å². The molecular formula is C14H18N4O. The summed E-state index contributed by atoms with van der Waals surface area (Å²) in [4.78, 5) is 19.9. The first kappa shape index (κ1) is 9.95. The van der Waals surface area contributed by atoms with Gasteiger partial charge in [-0.25, -0.2) is 0 Å². The lowest BCUT2D eigenvalue weighted by atomic mass is 9.70. The Morgan fingerprint density at radius 1 is 1.47 bits per heavy atom. The largest absolute Gasteiger partial charge is 0.398 e. The smallest absolute Gasteiger partial charge is 0.253 e. The molecule has 1 aliphatic heterocycles. The molecule has 0 spiro atoms. The maximum Gasteiger partial charge on any atom is 0.253 e. The van der Waals surface area contributed by atoms with Crippen LogP contribution >= 0.6 is 0 Å². The van der Waals surface area contributed by atoms with Crippen molar-refractivity contribution in [3.05, 3.63) is 28.4 Å². The molecule has 1 saturated carbocycles. The quantitative estimate of drug-likeness (QED) is 0.771. The van der Waals surface area contributed by atoms with Gasteiger partial charge >= 0.3 is 0 Å². The van der Waals surface area contributed by atoms with Crippen molar-refractivity contribution < 1.29 is 7.54 Å². The SMILES string of the molecule is [2H]C1([2H])N=c2cc(N)c(C(=O)NCC3(C)CCC3)cc2=N1. The third-order valence-corrected chi connectivity index (χ3v) is 3.97. The molecule has 5 heteroatoms. The molecule has 19 heavy (non-hydrogen) atoms. The van der Waals surface area contributed by atoms with Crippen LogP contribution in [0.5, 0.6) is 0 Å². The van der Waals surface area contributed by atoms with Crippen LogP contribution < -0.4 is 21.8 Å². The van der Waals surface area contributed by atoms with Crippen molar-refractivity contribution in [3.8, 4) is 0 Å². The zero-order chi connectivity index (χ0) is 15.3. The molecule has 2 aliphatic rings. The number of fused-ring (bicyclic) bond motifs is 1. The fourth-order valence-corrected chi connectivity index (χ4v) is 2.45. The van der Waals surface area contributed by atoms with E-state index in [2.05, 4.69) is 22.2 Å². The van der Waals surface area contributed by atoms with E-state index in [1.54, 1.807) is 0 Å². The molecule has 0 unspecified atom stereocenters. The van der Waals surface area contributed by atoms with E-state index in [-0.39, 0.29) is 11.3 Å². The Morgan fingerprint density at radius 3 is 2.79 bits per heavy atom. The number of rotatable bonds is 3. The highest BCUT2D eigenvalue weighted by molar-refractivity contribution is 5.99. The molecule has 1 aromatic rings. The Kier molecular flexibility index (Phi) is 2.27. The monoisotopic (exact) mass is 260 g/mol. The first-order valence-electron chi connectivity index (χ1n) is 7.46. The Bertz CT molecular complexity index is 725. The van der Waals surface area contributed by atoms with Crippen LogP contribution in [0.1, 0.15) is 39.3 Å². The Morgan fingerprint density at radius 2 is 2.16 bits per heavy atom. The highest BCUT2D eigenvalue weighted by Gasteiger charge is 2.32. The van der Waals surface area contributed by atoms with E-state index in [1.165, 1.54) is 18.6 Å². The number of nitrogens with zero attached hydrogens (tertiary/aromatic N) is 2. The number of carbonyl (C=O) groups is 1. The maximum atomic E-state index is 12.3. The molecule has 1 fully saturated rings. The molecule has 0 aromatic heterocycles. The van der Waals surface area contributed by atoms with E-state index in [0.717, 1.165) is 12.8 Å². The van der Waals surface area contributed by atoms with Crippen LogP contribution in [-0.2, 0) is 0 Å². The minimum atomic E-state index is -1.97. The van der Waals surface area contributed by atoms with Gasteiger partial charge in [-0.05, 0) is 30.4 Å². The van der Waals surface area contributed by atoms with E-state index in [0.29, 0.717) is 28.5 Å². The highest BCUT2D eigenvalue weighted by atomic mass is 16.1. The van der Waals surface area contributed by atoms with Gasteiger partial charge in [0.15, 0.2) is 0 Å². The number of anilines is 1. The summed E-state index contributed by atoms with van der Waals surface area (Å²) in [7, 11) is 0. The van der Waals surface area contributed by atoms with Crippen molar-refractivity contribution in [1.29, 1.82) is 0 Å². The predicted octanol–water partition coefficient (Wildman–Crippen LogP) is 0.399. The van der Waals surface area contributed by atoms with Gasteiger partial charge in [-0.2, -0.15) is 0 Å². The number of nitrogen functional groups attached to an aromatic ring is 1. The molecule has 0 saturated heterocycles. The standard InChI is InChI=1S/C14H18N4O/c1-14(3-2-4-14)7-16-13(19)9-5-11-12(6-10(9)15)18-8-17-11/h5-6H,2-4,7-8,15H2,1H3,(H,16,19)/i8D2. The van der Waals surface area contributed by atoms with Gasteiger partial charge in [-0.15, -0.1) is 0 Å². The molecule has 0 radical (unpaired) electrons. The van der Waals surface area contributed by atoms with Crippen LogP contribution in [-0.4, -0.2) is 19.1 Å². The maximum absolute atomic E-state index is 12.3. The molecule has 3 rings (SSSR count). The number of hydrogen-bond acceptors (Lipinski definition) is 4. The average Bonchev–Trinajstić information content (AvgIpc) is 2.65. The van der Waals surface area contributed by atoms with E-state index < -0.39 is 6.62 Å². The van der Waals surface area contributed by atoms with Crippen LogP contribution in [0, 0.1) is 5.41 Å². The van der Waals surface area contributed by atoms with E-state index >= 15 is 0 Å². The van der Waals surface area contributed by atoms with Gasteiger partial charge in [-0.3, -0.25) is 14.8 Å². The Balaban J connectivity index is 1.84. The molecule has 3 N–H and O–H groups in total. The van der Waals surface area contributed by atoms with Gasteiger partial charge in [0.2, 0.25) is 0 Å². The normalized spacial score (nSPS) is 23.0. The summed E-state index contributed by atoms with van der Waals surface area (Å²) in [6, 6.07) is 3.01. The average molecular weight is 260 g/mol. The summed E-state index contributed by atoms with van der Waals surface area (Å²) in [6.45, 7) is 0.819. The fourth-order valence-electron chi connectivity index (χ4n) is 2.45. The number of carbonyl (C=O) groups excluding carboxylic acids is 1. The van der Waals surface area contributed by atoms with Gasteiger partial charge in [0.1, 0.15) is 6.62 Å². The topological polar surface area (TPSA) is 79.8 Å². The summed E-state index contributed by atoms with van der Waals surface area (Å²) in [5.41, 5.74) is 6.70. The van der Waals surface area contributed by atoms with E-state index in [9.17, 15) is 4.79 Å². The molecule has 1 aromatic carbocycles. The summed E-state index contributed by atoms with van der Waals surface area (Å²) >= 11 is 0. The Hall–Kier alpha value is -1.91. The van der Waals surface area contributed by atoms with Crippen molar-refractivity contribution >= 4 is 11.6 Å². The number of amides is 1. The third kappa shape index (κ3) is 2.20. The Labute approximate surface area is 114 Å². The minimum absolute atomic E-state index is 0.193. The lowest BCUT2D eigenvalue weighted by Gasteiger charge is -2.38. The van der Waals surface area contributed by atoms with Gasteiger partial charge in [0.25, 0.3) is 5.91 Å². The second-order valence-corrected chi connectivity index (χ2v) is 5.60. The highest BCUT2D eigenvalue weighted by Crippen LogP contribution is 2.39. The van der Waals surface area contributed by atoms with Crippen LogP contribution in [0.4, 0.5) is 5.69 Å². The zero-order valence-corrected chi connectivity index (χ0v) is 10.9. The summed E-state index contributed by atoms with van der Waals surface area (Å²) in [6.07, 6.45) is 3.46. The number of hydrogen-bond donors (Lipinski definition) is 2. The number of benzene rings is 1. The van der Waals surface area contributed by atoms with Crippen molar-refractivity contribution in [1.82, 2.24) is 5.32 Å². The lowest BCUT2D eigenvalue weighted by molar-refractivity contribution is 0.0891. The summed E-state index contributed by atoms with van der Waals surface area (Å²) in [5, 5.41) is 3.67. The van der Waals surface area contributed by atoms with Crippen molar-refractivity contribution in [3.63, 3.8) is 0 Å². The van der Waals surface area contributed by atoms with Crippen molar-refractivity contribution in [2.75, 3.05) is 18.9 Å². The van der Waals surface area contributed by atoms with Gasteiger partial charge in [-0.1, -0.05) is 13.3 Å². The van der Waals surface area contributed by atoms with E-state index in [4.69, 9.17) is 8.48 Å². The summed E-state index contributed by atoms with van der Waals surface area (Å²) < 4.78 is 15.0. The third-order valence-electron chi connectivity index (χ3n) is 3.97. The van der Waals surface area contributed by atoms with Gasteiger partial charge in [0, 0.05) is 12.2 Å². The molecule has 0 bridgehead atoms. The van der Waals surface area contributed by atoms with Gasteiger partial charge in [0.05, 0.1) is 19.0 Å². The summed E-state index contributed by atoms with van der Waals surface area (Å²) in [5.74, 6) is -0.244.